The number of fused-ring (bicyclic) bond motifs is 1. The van der Waals surface area contributed by atoms with Gasteiger partial charge in [-0.05, 0) is 17.7 Å². The molecule has 2 atom stereocenters. The van der Waals surface area contributed by atoms with Gasteiger partial charge in [-0.3, -0.25) is 4.79 Å². The van der Waals surface area contributed by atoms with Gasteiger partial charge in [0.15, 0.2) is 0 Å². The summed E-state index contributed by atoms with van der Waals surface area (Å²) in [5.74, 6) is 0.110. The first-order valence-electron chi connectivity index (χ1n) is 10.2. The highest BCUT2D eigenvalue weighted by molar-refractivity contribution is 5.81. The monoisotopic (exact) mass is 380 g/mol. The van der Waals surface area contributed by atoms with Crippen molar-refractivity contribution in [3.63, 3.8) is 0 Å². The number of carbonyl (C=O) groups is 1. The summed E-state index contributed by atoms with van der Waals surface area (Å²) in [5, 5.41) is 3.21. The van der Waals surface area contributed by atoms with Gasteiger partial charge < -0.3 is 15.1 Å². The van der Waals surface area contributed by atoms with Gasteiger partial charge in [-0.25, -0.2) is 0 Å². The highest BCUT2D eigenvalue weighted by Crippen LogP contribution is 2.19. The van der Waals surface area contributed by atoms with Crippen LogP contribution >= 0.6 is 0 Å². The molecule has 150 valence electrons. The van der Waals surface area contributed by atoms with E-state index in [-0.39, 0.29) is 17.4 Å². The van der Waals surface area contributed by atoms with Gasteiger partial charge in [-0.1, -0.05) is 57.2 Å². The van der Waals surface area contributed by atoms with Crippen LogP contribution in [0.5, 0.6) is 0 Å². The van der Waals surface area contributed by atoms with Crippen molar-refractivity contribution in [2.24, 2.45) is 5.41 Å². The molecule has 4 nitrogen and oxygen atoms in total. The smallest absolute Gasteiger partial charge is 0.225 e. The number of quaternary nitrogens is 1. The maximum atomic E-state index is 12.5. The molecular weight excluding hydrogens is 346 g/mol. The number of nitrogens with one attached hydrogen (secondary N) is 2. The number of anilines is 1. The molecule has 2 aromatic carbocycles. The van der Waals surface area contributed by atoms with Crippen molar-refractivity contribution >= 4 is 11.6 Å². The summed E-state index contributed by atoms with van der Waals surface area (Å²) in [7, 11) is 4.12. The van der Waals surface area contributed by atoms with Gasteiger partial charge in [0.05, 0.1) is 13.1 Å². The first-order chi connectivity index (χ1) is 13.3. The summed E-state index contributed by atoms with van der Waals surface area (Å²) in [6.45, 7) is 8.65. The fourth-order valence-electron chi connectivity index (χ4n) is 3.86. The lowest BCUT2D eigenvalue weighted by molar-refractivity contribution is -0.945. The molecule has 1 aliphatic heterocycles. The Morgan fingerprint density at radius 3 is 2.32 bits per heavy atom. The number of nitrogens with zero attached hydrogens (tertiary/aromatic N) is 1. The van der Waals surface area contributed by atoms with E-state index in [9.17, 15) is 4.79 Å². The largest absolute Gasteiger partial charge is 0.378 e. The molecule has 0 saturated carbocycles. The number of amides is 1. The summed E-state index contributed by atoms with van der Waals surface area (Å²) in [6.07, 6.45) is 1.09. The lowest BCUT2D eigenvalue weighted by Gasteiger charge is -2.34. The van der Waals surface area contributed by atoms with Crippen LogP contribution in [0.25, 0.3) is 0 Å². The van der Waals surface area contributed by atoms with Crippen molar-refractivity contribution in [2.45, 2.75) is 39.8 Å². The topological polar surface area (TPSA) is 36.8 Å². The Bertz CT molecular complexity index is 805. The third-order valence-corrected chi connectivity index (χ3v) is 5.70. The quantitative estimate of drug-likeness (QED) is 0.837. The number of hydrogen-bond acceptors (Lipinski definition) is 2. The van der Waals surface area contributed by atoms with Crippen molar-refractivity contribution in [1.82, 2.24) is 5.32 Å². The second-order valence-corrected chi connectivity index (χ2v) is 9.10. The van der Waals surface area contributed by atoms with E-state index < -0.39 is 0 Å². The average molecular weight is 381 g/mol. The Morgan fingerprint density at radius 2 is 1.71 bits per heavy atom. The highest BCUT2D eigenvalue weighted by Gasteiger charge is 2.30. The number of carbonyl (C=O) groups excluding carboxylic acids is 1. The van der Waals surface area contributed by atoms with E-state index >= 15 is 0 Å². The van der Waals surface area contributed by atoms with Crippen molar-refractivity contribution in [3.8, 4) is 0 Å². The zero-order valence-electron chi connectivity index (χ0n) is 17.9. The molecular formula is C24H34N3O+. The van der Waals surface area contributed by atoms with Crippen LogP contribution in [0.2, 0.25) is 0 Å². The van der Waals surface area contributed by atoms with Gasteiger partial charge >= 0.3 is 0 Å². The summed E-state index contributed by atoms with van der Waals surface area (Å²) < 4.78 is 0. The molecule has 0 saturated heterocycles. The number of benzene rings is 2. The Balaban J connectivity index is 1.83. The number of hydrogen-bond donors (Lipinski definition) is 2. The molecule has 2 N–H and O–H groups in total. The fourth-order valence-corrected chi connectivity index (χ4v) is 3.86. The SMILES string of the molecule is CN(C)c1ccc([C@@H](CNC(=O)C(C)(C)C)[NH+]2CCc3ccccc3C2)cc1. The number of rotatable bonds is 5. The third kappa shape index (κ3) is 4.74. The molecule has 4 heteroatoms. The van der Waals surface area contributed by atoms with Crippen LogP contribution in [-0.4, -0.2) is 33.1 Å². The first kappa shape index (κ1) is 20.4. The van der Waals surface area contributed by atoms with Crippen LogP contribution in [0, 0.1) is 5.41 Å². The van der Waals surface area contributed by atoms with Crippen LogP contribution in [0.15, 0.2) is 48.5 Å². The highest BCUT2D eigenvalue weighted by atomic mass is 16.2. The third-order valence-electron chi connectivity index (χ3n) is 5.70. The molecule has 0 radical (unpaired) electrons. The zero-order valence-corrected chi connectivity index (χ0v) is 17.9. The van der Waals surface area contributed by atoms with E-state index in [1.807, 2.05) is 20.8 Å². The van der Waals surface area contributed by atoms with Gasteiger partial charge in [-0.2, -0.15) is 0 Å². The van der Waals surface area contributed by atoms with Crippen molar-refractivity contribution in [3.05, 3.63) is 65.2 Å². The molecule has 0 bridgehead atoms. The van der Waals surface area contributed by atoms with Crippen LogP contribution < -0.4 is 15.1 Å². The Morgan fingerprint density at radius 1 is 1.07 bits per heavy atom. The first-order valence-corrected chi connectivity index (χ1v) is 10.2. The van der Waals surface area contributed by atoms with E-state index in [0.717, 1.165) is 19.5 Å². The molecule has 1 amide bonds. The minimum absolute atomic E-state index is 0.110. The summed E-state index contributed by atoms with van der Waals surface area (Å²) in [5.41, 5.74) is 5.00. The summed E-state index contributed by atoms with van der Waals surface area (Å²) in [6, 6.07) is 17.8. The molecule has 3 rings (SSSR count). The van der Waals surface area contributed by atoms with Gasteiger partial charge in [-0.15, -0.1) is 0 Å². The maximum absolute atomic E-state index is 12.5. The van der Waals surface area contributed by atoms with E-state index in [2.05, 4.69) is 72.8 Å². The summed E-state index contributed by atoms with van der Waals surface area (Å²) >= 11 is 0. The minimum atomic E-state index is -0.372. The maximum Gasteiger partial charge on any atom is 0.225 e. The predicted octanol–water partition coefficient (Wildman–Crippen LogP) is 2.60. The Hall–Kier alpha value is -2.33. The van der Waals surface area contributed by atoms with Crippen LogP contribution in [0.1, 0.15) is 43.5 Å². The van der Waals surface area contributed by atoms with Gasteiger partial charge in [0.2, 0.25) is 5.91 Å². The molecule has 1 aliphatic rings. The second kappa shape index (κ2) is 8.36. The standard InChI is InChI=1S/C24H33N3O/c1-24(2,3)23(28)25-16-22(19-10-12-21(13-11-19)26(4)5)27-15-14-18-8-6-7-9-20(18)17-27/h6-13,22H,14-17H2,1-5H3,(H,25,28)/p+1/t22-/m1/s1. The van der Waals surface area contributed by atoms with Crippen LogP contribution in [0.3, 0.4) is 0 Å². The predicted molar refractivity (Wildman–Crippen MR) is 116 cm³/mol. The van der Waals surface area contributed by atoms with Gasteiger partial charge in [0, 0.05) is 42.7 Å². The summed E-state index contributed by atoms with van der Waals surface area (Å²) in [4.78, 5) is 16.1. The molecule has 0 spiro atoms. The molecule has 28 heavy (non-hydrogen) atoms. The van der Waals surface area contributed by atoms with Crippen molar-refractivity contribution in [2.75, 3.05) is 32.1 Å². The fraction of sp³-hybridized carbons (Fsp3) is 0.458. The van der Waals surface area contributed by atoms with E-state index in [1.165, 1.54) is 27.3 Å². The molecule has 1 unspecified atom stereocenters. The molecule has 2 aromatic rings. The molecule has 1 heterocycles. The normalized spacial score (nSPS) is 17.5. The molecule has 0 aromatic heterocycles. The van der Waals surface area contributed by atoms with E-state index in [0.29, 0.717) is 6.54 Å². The van der Waals surface area contributed by atoms with Crippen LogP contribution in [-0.2, 0) is 17.8 Å². The van der Waals surface area contributed by atoms with Gasteiger partial charge in [0.25, 0.3) is 0 Å². The van der Waals surface area contributed by atoms with Gasteiger partial charge in [0.1, 0.15) is 12.6 Å². The molecule has 0 aliphatic carbocycles. The minimum Gasteiger partial charge on any atom is -0.378 e. The Kier molecular flexibility index (Phi) is 6.09. The zero-order chi connectivity index (χ0) is 20.3. The van der Waals surface area contributed by atoms with Crippen molar-refractivity contribution < 1.29 is 9.69 Å². The van der Waals surface area contributed by atoms with E-state index in [1.54, 1.807) is 0 Å². The van der Waals surface area contributed by atoms with E-state index in [4.69, 9.17) is 0 Å². The average Bonchev–Trinajstić information content (AvgIpc) is 2.67. The lowest BCUT2D eigenvalue weighted by atomic mass is 9.94. The second-order valence-electron chi connectivity index (χ2n) is 9.10. The Labute approximate surface area is 169 Å². The van der Waals surface area contributed by atoms with Crippen LogP contribution in [0.4, 0.5) is 5.69 Å². The lowest BCUT2D eigenvalue weighted by Crippen LogP contribution is -3.12. The van der Waals surface area contributed by atoms with Crippen molar-refractivity contribution in [1.29, 1.82) is 0 Å². The molecule has 0 fully saturated rings.